The van der Waals surface area contributed by atoms with Crippen LogP contribution in [0.3, 0.4) is 0 Å². The number of aliphatic hydroxyl groups is 2. The molecule has 0 bridgehead atoms. The summed E-state index contributed by atoms with van der Waals surface area (Å²) in [5, 5.41) is 23.0. The quantitative estimate of drug-likeness (QED) is 0.148. The molecule has 0 saturated carbocycles. The molecule has 0 amide bonds. The van der Waals surface area contributed by atoms with Crippen LogP contribution in [0.4, 0.5) is 8.78 Å². The Morgan fingerprint density at radius 3 is 1.81 bits per heavy atom. The summed E-state index contributed by atoms with van der Waals surface area (Å²) in [4.78, 5) is 4.68. The van der Waals surface area contributed by atoms with Gasteiger partial charge in [-0.05, 0) is 45.3 Å². The number of pyridine rings is 1. The Morgan fingerprint density at radius 2 is 1.32 bits per heavy atom. The second-order valence-corrected chi connectivity index (χ2v) is 9.54. The zero-order chi connectivity index (χ0) is 25.9. The number of nitrogens with zero attached hydrogens (tertiary/aromatic N) is 1. The molecule has 0 saturated heterocycles. The monoisotopic (exact) mass is 679 g/mol. The average molecular weight is 679 g/mol. The number of fused-ring (bicyclic) bond motifs is 6. The van der Waals surface area contributed by atoms with Crippen LogP contribution in [-0.2, 0) is 25.5 Å². The number of hydrogen-bond donors (Lipinski definition) is 2. The molecule has 0 aliphatic rings. The van der Waals surface area contributed by atoms with Crippen LogP contribution in [0.1, 0.15) is 39.2 Å². The van der Waals surface area contributed by atoms with Gasteiger partial charge in [-0.2, -0.15) is 0 Å². The predicted octanol–water partition coefficient (Wildman–Crippen LogP) is 7.65. The number of aliphatic hydroxyl groups excluding tert-OH is 2. The molecular weight excluding hydrogens is 649 g/mol. The molecule has 2 atom stereocenters. The van der Waals surface area contributed by atoms with Crippen LogP contribution in [0.5, 0.6) is 0 Å². The second kappa shape index (κ2) is 12.2. The maximum absolute atomic E-state index is 11.1. The molecule has 1 radical (unpaired) electrons. The topological polar surface area (TPSA) is 53.4 Å². The Hall–Kier alpha value is -2.76. The van der Waals surface area contributed by atoms with Gasteiger partial charge in [-0.25, -0.2) is 8.78 Å². The first-order valence-electron chi connectivity index (χ1n) is 12.1. The molecule has 5 aromatic rings. The summed E-state index contributed by atoms with van der Waals surface area (Å²) < 4.78 is 22.2. The van der Waals surface area contributed by atoms with Gasteiger partial charge in [-0.3, -0.25) is 0 Å². The van der Waals surface area contributed by atoms with Gasteiger partial charge in [0.15, 0.2) is 0 Å². The minimum Gasteiger partial charge on any atom is -0.364 e. The molecule has 37 heavy (non-hydrogen) atoms. The van der Waals surface area contributed by atoms with E-state index in [1.54, 1.807) is 0 Å². The molecule has 0 aliphatic heterocycles. The molecular formula is C31H30F2IrNO2-. The van der Waals surface area contributed by atoms with Crippen molar-refractivity contribution in [3.63, 3.8) is 0 Å². The van der Waals surface area contributed by atoms with E-state index >= 15 is 0 Å². The molecule has 1 aromatic heterocycles. The summed E-state index contributed by atoms with van der Waals surface area (Å²) in [7, 11) is 0. The Labute approximate surface area is 229 Å². The fourth-order valence-electron chi connectivity index (χ4n) is 4.35. The molecule has 6 heteroatoms. The molecule has 2 unspecified atom stereocenters. The van der Waals surface area contributed by atoms with Crippen molar-refractivity contribution in [1.29, 1.82) is 0 Å². The van der Waals surface area contributed by atoms with E-state index in [4.69, 9.17) is 10.2 Å². The van der Waals surface area contributed by atoms with E-state index < -0.39 is 19.1 Å². The molecule has 0 spiro atoms. The van der Waals surface area contributed by atoms with E-state index in [0.29, 0.717) is 0 Å². The summed E-state index contributed by atoms with van der Waals surface area (Å²) in [6, 6.07) is 29.6. The Morgan fingerprint density at radius 1 is 0.811 bits per heavy atom. The van der Waals surface area contributed by atoms with Crippen molar-refractivity contribution in [2.75, 3.05) is 0 Å². The van der Waals surface area contributed by atoms with Crippen LogP contribution >= 0.6 is 0 Å². The van der Waals surface area contributed by atoms with E-state index in [0.717, 1.165) is 17.7 Å². The van der Waals surface area contributed by atoms with E-state index in [1.165, 1.54) is 37.9 Å². The largest absolute Gasteiger partial charge is 0.364 e. The summed E-state index contributed by atoms with van der Waals surface area (Å²) in [5.41, 5.74) is 3.49. The number of alkyl halides is 2. The fourth-order valence-corrected chi connectivity index (χ4v) is 4.35. The third-order valence-corrected chi connectivity index (χ3v) is 6.77. The molecule has 0 aliphatic carbocycles. The number of aromatic nitrogens is 1. The Balaban J connectivity index is 0.000000422. The van der Waals surface area contributed by atoms with Crippen LogP contribution < -0.4 is 0 Å². The Kier molecular flexibility index (Phi) is 9.49. The van der Waals surface area contributed by atoms with Gasteiger partial charge in [0.1, 0.15) is 0 Å². The summed E-state index contributed by atoms with van der Waals surface area (Å²) in [5.74, 6) is 0. The van der Waals surface area contributed by atoms with Crippen LogP contribution in [-0.4, -0.2) is 27.9 Å². The van der Waals surface area contributed by atoms with Gasteiger partial charge < -0.3 is 15.2 Å². The van der Waals surface area contributed by atoms with Gasteiger partial charge >= 0.3 is 0 Å². The Bertz CT molecular complexity index is 1460. The van der Waals surface area contributed by atoms with Gasteiger partial charge in [0.05, 0.1) is 6.42 Å². The second-order valence-electron chi connectivity index (χ2n) is 9.54. The molecule has 5 rings (SSSR count). The van der Waals surface area contributed by atoms with Gasteiger partial charge in [0.2, 0.25) is 12.7 Å². The van der Waals surface area contributed by atoms with E-state index in [2.05, 4.69) is 105 Å². The molecule has 195 valence electrons. The van der Waals surface area contributed by atoms with Crippen molar-refractivity contribution >= 4 is 32.3 Å². The smallest absolute Gasteiger partial charge is 0.201 e. The van der Waals surface area contributed by atoms with Gasteiger partial charge in [0.25, 0.3) is 0 Å². The van der Waals surface area contributed by atoms with Gasteiger partial charge in [0, 0.05) is 26.3 Å². The van der Waals surface area contributed by atoms with Crippen molar-refractivity contribution < 1.29 is 39.1 Å². The van der Waals surface area contributed by atoms with E-state index in [1.807, 2.05) is 6.20 Å². The van der Waals surface area contributed by atoms with E-state index in [9.17, 15) is 8.78 Å². The number of hydrogen-bond acceptors (Lipinski definition) is 3. The molecule has 3 nitrogen and oxygen atoms in total. The summed E-state index contributed by atoms with van der Waals surface area (Å²) in [6.45, 7) is 6.81. The van der Waals surface area contributed by atoms with Crippen molar-refractivity contribution in [3.05, 3.63) is 90.6 Å². The van der Waals surface area contributed by atoms with Crippen LogP contribution in [0.2, 0.25) is 0 Å². The standard InChI is InChI=1S/C28H24N.C3H6F2O2.Ir/c1-4-28(2,3)20-15-16-29-27(18-20)19-13-14-25-23-11-6-5-9-21(23)22-10-7-8-12-24(22)26(25)17-19;4-2(6)1-3(5)7;/h5-12,14-18H,4H2,1-3H3;2-3,6-7H,1H2;/q-1;;. The first-order valence-corrected chi connectivity index (χ1v) is 12.1. The number of halogens is 2. The van der Waals surface area contributed by atoms with Crippen molar-refractivity contribution in [2.24, 2.45) is 0 Å². The predicted molar refractivity (Wildman–Crippen MR) is 143 cm³/mol. The normalized spacial score (nSPS) is 13.1. The minimum absolute atomic E-state index is 0. The number of benzene rings is 4. The fraction of sp³-hybridized carbons (Fsp3) is 0.258. The van der Waals surface area contributed by atoms with Crippen molar-refractivity contribution in [1.82, 2.24) is 4.98 Å². The van der Waals surface area contributed by atoms with Crippen molar-refractivity contribution in [3.8, 4) is 11.3 Å². The maximum Gasteiger partial charge on any atom is 0.201 e. The molecule has 0 fully saturated rings. The number of rotatable bonds is 5. The molecule has 2 N–H and O–H groups in total. The van der Waals surface area contributed by atoms with Crippen LogP contribution in [0.25, 0.3) is 43.6 Å². The van der Waals surface area contributed by atoms with Gasteiger partial charge in [-0.15, -0.1) is 23.8 Å². The van der Waals surface area contributed by atoms with E-state index in [-0.39, 0.29) is 25.5 Å². The maximum atomic E-state index is 11.1. The summed E-state index contributed by atoms with van der Waals surface area (Å²) in [6.07, 6.45) is -2.34. The SMILES string of the molecule is CCC(C)(C)c1ccnc(-c2[c-]cc3c4ccccc4c4ccccc4c3c2)c1.OC(F)CC(O)F.[Ir]. The van der Waals surface area contributed by atoms with Gasteiger partial charge in [-0.1, -0.05) is 91.5 Å². The molecule has 4 aromatic carbocycles. The zero-order valence-corrected chi connectivity index (χ0v) is 23.4. The first kappa shape index (κ1) is 28.8. The first-order chi connectivity index (χ1) is 17.2. The third kappa shape index (κ3) is 6.39. The van der Waals surface area contributed by atoms with Crippen molar-refractivity contribution in [2.45, 2.75) is 51.7 Å². The summed E-state index contributed by atoms with van der Waals surface area (Å²) >= 11 is 0. The molecule has 1 heterocycles. The van der Waals surface area contributed by atoms with Crippen LogP contribution in [0, 0.1) is 6.07 Å². The minimum atomic E-state index is -2.25. The third-order valence-electron chi connectivity index (χ3n) is 6.77. The average Bonchev–Trinajstić information content (AvgIpc) is 2.88. The zero-order valence-electron chi connectivity index (χ0n) is 21.0. The van der Waals surface area contributed by atoms with Crippen LogP contribution in [0.15, 0.2) is 79.0 Å².